The van der Waals surface area contributed by atoms with Crippen molar-refractivity contribution in [1.29, 1.82) is 0 Å². The molecular formula is C16H22O5. The highest BCUT2D eigenvalue weighted by Gasteiger charge is 2.13. The Hall–Kier alpha value is -2.04. The number of esters is 2. The Morgan fingerprint density at radius 1 is 1.14 bits per heavy atom. The third-order valence-electron chi connectivity index (χ3n) is 2.90. The fraction of sp³-hybridized carbons (Fsp3) is 0.500. The largest absolute Gasteiger partial charge is 0.497 e. The number of carbonyl (C=O) groups is 2. The number of rotatable bonds is 7. The molecule has 0 amide bonds. The number of benzene rings is 1. The summed E-state index contributed by atoms with van der Waals surface area (Å²) in [4.78, 5) is 23.0. The molecule has 0 N–H and O–H groups in total. The molecule has 0 saturated carbocycles. The Labute approximate surface area is 125 Å². The molecular weight excluding hydrogens is 272 g/mol. The van der Waals surface area contributed by atoms with Crippen molar-refractivity contribution in [2.45, 2.75) is 33.1 Å². The van der Waals surface area contributed by atoms with E-state index in [1.807, 2.05) is 13.8 Å². The summed E-state index contributed by atoms with van der Waals surface area (Å²) in [5.41, 5.74) is 0.776. The van der Waals surface area contributed by atoms with E-state index in [0.717, 1.165) is 5.56 Å². The fourth-order valence-corrected chi connectivity index (χ4v) is 1.80. The van der Waals surface area contributed by atoms with Crippen LogP contribution in [-0.2, 0) is 20.7 Å². The lowest BCUT2D eigenvalue weighted by molar-refractivity contribution is -0.140. The van der Waals surface area contributed by atoms with Gasteiger partial charge in [-0.1, -0.05) is 19.9 Å². The quantitative estimate of drug-likeness (QED) is 0.571. The van der Waals surface area contributed by atoms with E-state index in [1.165, 1.54) is 7.11 Å². The lowest BCUT2D eigenvalue weighted by atomic mass is 10.1. The summed E-state index contributed by atoms with van der Waals surface area (Å²) >= 11 is 0. The van der Waals surface area contributed by atoms with E-state index in [9.17, 15) is 9.59 Å². The molecule has 0 aliphatic heterocycles. The van der Waals surface area contributed by atoms with E-state index in [1.54, 1.807) is 25.3 Å². The van der Waals surface area contributed by atoms with Gasteiger partial charge in [-0.15, -0.1) is 0 Å². The normalized spacial score (nSPS) is 10.3. The summed E-state index contributed by atoms with van der Waals surface area (Å²) < 4.78 is 15.1. The lowest BCUT2D eigenvalue weighted by Crippen LogP contribution is -2.12. The Morgan fingerprint density at radius 2 is 1.86 bits per heavy atom. The predicted octanol–water partition coefficient (Wildman–Crippen LogP) is 2.75. The first-order chi connectivity index (χ1) is 9.96. The summed E-state index contributed by atoms with van der Waals surface area (Å²) in [5.74, 6) is 0.664. The van der Waals surface area contributed by atoms with Crippen molar-refractivity contribution in [3.63, 3.8) is 0 Å². The Kier molecular flexibility index (Phi) is 6.72. The van der Waals surface area contributed by atoms with E-state index in [-0.39, 0.29) is 24.3 Å². The van der Waals surface area contributed by atoms with Crippen molar-refractivity contribution in [3.05, 3.63) is 23.8 Å². The molecule has 1 rings (SSSR count). The highest BCUT2D eigenvalue weighted by atomic mass is 16.5. The van der Waals surface area contributed by atoms with Crippen LogP contribution in [0.25, 0.3) is 0 Å². The molecule has 0 radical (unpaired) electrons. The van der Waals surface area contributed by atoms with Gasteiger partial charge in [-0.05, 0) is 24.0 Å². The van der Waals surface area contributed by atoms with Crippen LogP contribution in [0.3, 0.4) is 0 Å². The molecule has 5 nitrogen and oxygen atoms in total. The summed E-state index contributed by atoms with van der Waals surface area (Å²) in [6, 6.07) is 5.22. The van der Waals surface area contributed by atoms with Crippen molar-refractivity contribution in [3.8, 4) is 11.5 Å². The molecule has 0 fully saturated rings. The van der Waals surface area contributed by atoms with E-state index in [4.69, 9.17) is 9.47 Å². The molecule has 21 heavy (non-hydrogen) atoms. The summed E-state index contributed by atoms with van der Waals surface area (Å²) in [7, 11) is 2.89. The topological polar surface area (TPSA) is 61.8 Å². The first kappa shape index (κ1) is 17.0. The molecule has 0 saturated heterocycles. The van der Waals surface area contributed by atoms with Gasteiger partial charge in [-0.2, -0.15) is 0 Å². The van der Waals surface area contributed by atoms with Gasteiger partial charge in [0, 0.05) is 18.9 Å². The minimum atomic E-state index is -0.301. The molecule has 1 aromatic rings. The van der Waals surface area contributed by atoms with Gasteiger partial charge in [-0.25, -0.2) is 0 Å². The monoisotopic (exact) mass is 294 g/mol. The van der Waals surface area contributed by atoms with Crippen LogP contribution in [-0.4, -0.2) is 26.2 Å². The van der Waals surface area contributed by atoms with Gasteiger partial charge in [0.05, 0.1) is 14.2 Å². The van der Waals surface area contributed by atoms with Crippen LogP contribution in [0.15, 0.2) is 18.2 Å². The average molecular weight is 294 g/mol. The van der Waals surface area contributed by atoms with Crippen molar-refractivity contribution in [2.24, 2.45) is 5.92 Å². The Morgan fingerprint density at radius 3 is 2.43 bits per heavy atom. The fourth-order valence-electron chi connectivity index (χ4n) is 1.80. The molecule has 5 heteroatoms. The van der Waals surface area contributed by atoms with E-state index >= 15 is 0 Å². The Bertz CT molecular complexity index is 493. The zero-order valence-corrected chi connectivity index (χ0v) is 13.0. The van der Waals surface area contributed by atoms with Crippen molar-refractivity contribution >= 4 is 11.9 Å². The van der Waals surface area contributed by atoms with Gasteiger partial charge in [0.15, 0.2) is 0 Å². The van der Waals surface area contributed by atoms with E-state index < -0.39 is 0 Å². The van der Waals surface area contributed by atoms with Gasteiger partial charge >= 0.3 is 11.9 Å². The first-order valence-electron chi connectivity index (χ1n) is 6.90. The van der Waals surface area contributed by atoms with E-state index in [2.05, 4.69) is 4.74 Å². The highest BCUT2D eigenvalue weighted by molar-refractivity contribution is 5.73. The third kappa shape index (κ3) is 5.85. The van der Waals surface area contributed by atoms with Crippen LogP contribution >= 0.6 is 0 Å². The van der Waals surface area contributed by atoms with Gasteiger partial charge in [0.2, 0.25) is 0 Å². The minimum absolute atomic E-state index is 0.224. The standard InChI is InChI=1S/C16H22O5/c1-11(2)9-16(18)21-14-10-13(19-3)7-5-12(14)6-8-15(17)20-4/h5,7,10-11H,6,8-9H2,1-4H3. The molecule has 0 bridgehead atoms. The molecule has 0 aliphatic carbocycles. The molecule has 116 valence electrons. The smallest absolute Gasteiger partial charge is 0.311 e. The number of carbonyl (C=O) groups excluding carboxylic acids is 2. The number of ether oxygens (including phenoxy) is 3. The average Bonchev–Trinajstić information content (AvgIpc) is 2.44. The molecule has 0 aromatic heterocycles. The summed E-state index contributed by atoms with van der Waals surface area (Å²) in [6.07, 6.45) is 1.02. The summed E-state index contributed by atoms with van der Waals surface area (Å²) in [5, 5.41) is 0. The predicted molar refractivity (Wildman–Crippen MR) is 78.4 cm³/mol. The SMILES string of the molecule is COC(=O)CCc1ccc(OC)cc1OC(=O)CC(C)C. The van der Waals surface area contributed by atoms with Crippen molar-refractivity contribution in [2.75, 3.05) is 14.2 Å². The van der Waals surface area contributed by atoms with Gasteiger partial charge in [0.1, 0.15) is 11.5 Å². The summed E-state index contributed by atoms with van der Waals surface area (Å²) in [6.45, 7) is 3.90. The molecule has 0 spiro atoms. The second-order valence-corrected chi connectivity index (χ2v) is 5.12. The van der Waals surface area contributed by atoms with Gasteiger partial charge in [-0.3, -0.25) is 9.59 Å². The molecule has 0 atom stereocenters. The van der Waals surface area contributed by atoms with Gasteiger partial charge < -0.3 is 14.2 Å². The second-order valence-electron chi connectivity index (χ2n) is 5.12. The second kappa shape index (κ2) is 8.29. The zero-order valence-electron chi connectivity index (χ0n) is 13.0. The van der Waals surface area contributed by atoms with E-state index in [0.29, 0.717) is 24.3 Å². The lowest BCUT2D eigenvalue weighted by Gasteiger charge is -2.12. The van der Waals surface area contributed by atoms with Crippen LogP contribution in [0.1, 0.15) is 32.3 Å². The number of hydrogen-bond acceptors (Lipinski definition) is 5. The maximum absolute atomic E-state index is 11.8. The van der Waals surface area contributed by atoms with Crippen molar-refractivity contribution < 1.29 is 23.8 Å². The molecule has 0 aliphatic rings. The third-order valence-corrected chi connectivity index (χ3v) is 2.90. The van der Waals surface area contributed by atoms with Crippen LogP contribution < -0.4 is 9.47 Å². The zero-order chi connectivity index (χ0) is 15.8. The van der Waals surface area contributed by atoms with Crippen LogP contribution in [0.4, 0.5) is 0 Å². The number of aryl methyl sites for hydroxylation is 1. The Balaban J connectivity index is 2.86. The highest BCUT2D eigenvalue weighted by Crippen LogP contribution is 2.26. The maximum atomic E-state index is 11.8. The molecule has 0 heterocycles. The number of hydrogen-bond donors (Lipinski definition) is 0. The maximum Gasteiger partial charge on any atom is 0.311 e. The van der Waals surface area contributed by atoms with Gasteiger partial charge in [0.25, 0.3) is 0 Å². The minimum Gasteiger partial charge on any atom is -0.497 e. The van der Waals surface area contributed by atoms with Crippen LogP contribution in [0, 0.1) is 5.92 Å². The molecule has 0 unspecified atom stereocenters. The molecule has 1 aromatic carbocycles. The number of methoxy groups -OCH3 is 2. The van der Waals surface area contributed by atoms with Crippen molar-refractivity contribution in [1.82, 2.24) is 0 Å². The van der Waals surface area contributed by atoms with Crippen LogP contribution in [0.5, 0.6) is 11.5 Å². The first-order valence-corrected chi connectivity index (χ1v) is 6.90. The van der Waals surface area contributed by atoms with Crippen LogP contribution in [0.2, 0.25) is 0 Å².